The largest absolute Gasteiger partial charge is 0.352 e. The van der Waals surface area contributed by atoms with E-state index in [9.17, 15) is 4.79 Å². The first kappa shape index (κ1) is 13.6. The average molecular weight is 275 g/mol. The van der Waals surface area contributed by atoms with Crippen molar-refractivity contribution in [3.63, 3.8) is 0 Å². The summed E-state index contributed by atoms with van der Waals surface area (Å²) in [5.74, 6) is 0.0406. The van der Waals surface area contributed by atoms with Crippen molar-refractivity contribution in [1.82, 2.24) is 10.3 Å². The molecule has 0 radical (unpaired) electrons. The molecule has 1 amide bonds. The van der Waals surface area contributed by atoms with E-state index >= 15 is 0 Å². The maximum Gasteiger partial charge on any atom is 0.220 e. The van der Waals surface area contributed by atoms with E-state index in [2.05, 4.69) is 10.3 Å². The molecule has 1 aromatic carbocycles. The molecular formula is C15H15ClN2O. The third kappa shape index (κ3) is 4.72. The fraction of sp³-hybridized carbons (Fsp3) is 0.200. The van der Waals surface area contributed by atoms with E-state index in [1.54, 1.807) is 12.4 Å². The minimum absolute atomic E-state index is 0.0406. The molecule has 1 aromatic heterocycles. The summed E-state index contributed by atoms with van der Waals surface area (Å²) in [5.41, 5.74) is 2.11. The lowest BCUT2D eigenvalue weighted by Gasteiger charge is -2.05. The predicted molar refractivity (Wildman–Crippen MR) is 75.9 cm³/mol. The van der Waals surface area contributed by atoms with Crippen molar-refractivity contribution in [2.45, 2.75) is 19.4 Å². The normalized spacial score (nSPS) is 10.2. The molecule has 0 saturated carbocycles. The molecule has 4 heteroatoms. The molecule has 0 aliphatic rings. The minimum atomic E-state index is 0.0406. The number of carbonyl (C=O) groups is 1. The number of nitrogens with zero attached hydrogens (tertiary/aromatic N) is 1. The van der Waals surface area contributed by atoms with Crippen LogP contribution < -0.4 is 5.32 Å². The van der Waals surface area contributed by atoms with Gasteiger partial charge < -0.3 is 5.32 Å². The fourth-order valence-electron chi connectivity index (χ4n) is 1.70. The lowest BCUT2D eigenvalue weighted by Crippen LogP contribution is -2.23. The van der Waals surface area contributed by atoms with Crippen molar-refractivity contribution in [2.75, 3.05) is 0 Å². The number of rotatable bonds is 5. The highest BCUT2D eigenvalue weighted by molar-refractivity contribution is 6.30. The predicted octanol–water partition coefficient (Wildman–Crippen LogP) is 2.98. The van der Waals surface area contributed by atoms with Crippen LogP contribution in [0.15, 0.2) is 48.8 Å². The summed E-state index contributed by atoms with van der Waals surface area (Å²) in [6.07, 6.45) is 4.66. The maximum atomic E-state index is 11.7. The smallest absolute Gasteiger partial charge is 0.220 e. The van der Waals surface area contributed by atoms with Crippen LogP contribution in [0.5, 0.6) is 0 Å². The summed E-state index contributed by atoms with van der Waals surface area (Å²) < 4.78 is 0. The van der Waals surface area contributed by atoms with Crippen LogP contribution in [-0.2, 0) is 17.8 Å². The third-order valence-electron chi connectivity index (χ3n) is 2.77. The van der Waals surface area contributed by atoms with E-state index in [4.69, 9.17) is 11.6 Å². The lowest BCUT2D eigenvalue weighted by atomic mass is 10.1. The second kappa shape index (κ2) is 6.90. The van der Waals surface area contributed by atoms with Crippen molar-refractivity contribution >= 4 is 17.5 Å². The van der Waals surface area contributed by atoms with Gasteiger partial charge in [-0.2, -0.15) is 0 Å². The Labute approximate surface area is 117 Å². The molecule has 0 spiro atoms. The number of benzene rings is 1. The van der Waals surface area contributed by atoms with Gasteiger partial charge in [0.2, 0.25) is 5.91 Å². The van der Waals surface area contributed by atoms with Gasteiger partial charge in [0.1, 0.15) is 0 Å². The van der Waals surface area contributed by atoms with Gasteiger partial charge in [-0.25, -0.2) is 0 Å². The third-order valence-corrected chi connectivity index (χ3v) is 3.02. The zero-order valence-corrected chi connectivity index (χ0v) is 11.2. The van der Waals surface area contributed by atoms with E-state index < -0.39 is 0 Å². The Balaban J connectivity index is 1.74. The first-order valence-electron chi connectivity index (χ1n) is 6.14. The van der Waals surface area contributed by atoms with Crippen molar-refractivity contribution < 1.29 is 4.79 Å². The SMILES string of the molecule is O=C(CCc1ccc(Cl)cc1)NCc1cccnc1. The summed E-state index contributed by atoms with van der Waals surface area (Å²) >= 11 is 5.81. The molecule has 2 aromatic rings. The summed E-state index contributed by atoms with van der Waals surface area (Å²) in [7, 11) is 0. The second-order valence-corrected chi connectivity index (χ2v) is 4.70. The Bertz CT molecular complexity index is 526. The molecule has 0 bridgehead atoms. The highest BCUT2D eigenvalue weighted by Crippen LogP contribution is 2.10. The highest BCUT2D eigenvalue weighted by Gasteiger charge is 2.02. The zero-order valence-electron chi connectivity index (χ0n) is 10.5. The van der Waals surface area contributed by atoms with Gasteiger partial charge >= 0.3 is 0 Å². The molecule has 98 valence electrons. The Hall–Kier alpha value is -1.87. The van der Waals surface area contributed by atoms with E-state index in [-0.39, 0.29) is 5.91 Å². The van der Waals surface area contributed by atoms with Crippen molar-refractivity contribution in [2.24, 2.45) is 0 Å². The van der Waals surface area contributed by atoms with Crippen LogP contribution in [0.3, 0.4) is 0 Å². The van der Waals surface area contributed by atoms with Crippen LogP contribution in [0.4, 0.5) is 0 Å². The van der Waals surface area contributed by atoms with E-state index in [0.29, 0.717) is 18.0 Å². The van der Waals surface area contributed by atoms with E-state index in [1.165, 1.54) is 0 Å². The first-order chi connectivity index (χ1) is 9.24. The summed E-state index contributed by atoms with van der Waals surface area (Å²) in [6.45, 7) is 0.521. The molecule has 0 unspecified atom stereocenters. The molecule has 0 aliphatic heterocycles. The molecule has 0 atom stereocenters. The summed E-state index contributed by atoms with van der Waals surface area (Å²) in [4.78, 5) is 15.7. The molecular weight excluding hydrogens is 260 g/mol. The van der Waals surface area contributed by atoms with Crippen LogP contribution in [0.1, 0.15) is 17.5 Å². The molecule has 0 fully saturated rings. The Morgan fingerprint density at radius 3 is 2.63 bits per heavy atom. The number of aromatic nitrogens is 1. The summed E-state index contributed by atoms with van der Waals surface area (Å²) in [6, 6.07) is 11.4. The highest BCUT2D eigenvalue weighted by atomic mass is 35.5. The van der Waals surface area contributed by atoms with Crippen molar-refractivity contribution in [1.29, 1.82) is 0 Å². The van der Waals surface area contributed by atoms with Gasteiger partial charge in [-0.1, -0.05) is 29.8 Å². The second-order valence-electron chi connectivity index (χ2n) is 4.26. The van der Waals surface area contributed by atoms with Gasteiger partial charge in [0, 0.05) is 30.4 Å². The number of carbonyl (C=O) groups excluding carboxylic acids is 1. The lowest BCUT2D eigenvalue weighted by molar-refractivity contribution is -0.121. The number of hydrogen-bond donors (Lipinski definition) is 1. The molecule has 19 heavy (non-hydrogen) atoms. The average Bonchev–Trinajstić information content (AvgIpc) is 2.45. The summed E-state index contributed by atoms with van der Waals surface area (Å²) in [5, 5.41) is 3.59. The van der Waals surface area contributed by atoms with Gasteiger partial charge in [0.15, 0.2) is 0 Å². The monoisotopic (exact) mass is 274 g/mol. The van der Waals surface area contributed by atoms with Crippen molar-refractivity contribution in [3.8, 4) is 0 Å². The molecule has 1 heterocycles. The zero-order chi connectivity index (χ0) is 13.5. The topological polar surface area (TPSA) is 42.0 Å². The van der Waals surface area contributed by atoms with Crippen LogP contribution >= 0.6 is 11.6 Å². The first-order valence-corrected chi connectivity index (χ1v) is 6.52. The van der Waals surface area contributed by atoms with Crippen LogP contribution in [0.25, 0.3) is 0 Å². The molecule has 3 nitrogen and oxygen atoms in total. The van der Waals surface area contributed by atoms with Gasteiger partial charge in [0.25, 0.3) is 0 Å². The standard InChI is InChI=1S/C15H15ClN2O/c16-14-6-3-12(4-7-14)5-8-15(19)18-11-13-2-1-9-17-10-13/h1-4,6-7,9-10H,5,8,11H2,(H,18,19). The number of pyridine rings is 1. The van der Waals surface area contributed by atoms with E-state index in [1.807, 2.05) is 36.4 Å². The van der Waals surface area contributed by atoms with Gasteiger partial charge in [0.05, 0.1) is 0 Å². The molecule has 2 rings (SSSR count). The Morgan fingerprint density at radius 2 is 1.95 bits per heavy atom. The van der Waals surface area contributed by atoms with Crippen LogP contribution in [0.2, 0.25) is 5.02 Å². The number of nitrogens with one attached hydrogen (secondary N) is 1. The van der Waals surface area contributed by atoms with Crippen LogP contribution in [-0.4, -0.2) is 10.9 Å². The maximum absolute atomic E-state index is 11.7. The van der Waals surface area contributed by atoms with Gasteiger partial charge in [-0.3, -0.25) is 9.78 Å². The molecule has 0 aliphatic carbocycles. The number of amides is 1. The Kier molecular flexibility index (Phi) is 4.93. The Morgan fingerprint density at radius 1 is 1.16 bits per heavy atom. The quantitative estimate of drug-likeness (QED) is 0.911. The fourth-order valence-corrected chi connectivity index (χ4v) is 1.83. The van der Waals surface area contributed by atoms with Gasteiger partial charge in [-0.15, -0.1) is 0 Å². The molecule has 0 saturated heterocycles. The number of halogens is 1. The van der Waals surface area contributed by atoms with Crippen molar-refractivity contribution in [3.05, 3.63) is 64.9 Å². The van der Waals surface area contributed by atoms with Gasteiger partial charge in [-0.05, 0) is 35.7 Å². The van der Waals surface area contributed by atoms with E-state index in [0.717, 1.165) is 17.5 Å². The number of hydrogen-bond acceptors (Lipinski definition) is 2. The number of aryl methyl sites for hydroxylation is 1. The minimum Gasteiger partial charge on any atom is -0.352 e. The molecule has 1 N–H and O–H groups in total. The van der Waals surface area contributed by atoms with Crippen LogP contribution in [0, 0.1) is 0 Å².